The van der Waals surface area contributed by atoms with Crippen LogP contribution in [0.15, 0.2) is 0 Å². The van der Waals surface area contributed by atoms with Gasteiger partial charge >= 0.3 is 0 Å². The van der Waals surface area contributed by atoms with Gasteiger partial charge in [0.2, 0.25) is 5.91 Å². The average Bonchev–Trinajstić information content (AvgIpc) is 2.99. The van der Waals surface area contributed by atoms with E-state index in [0.717, 1.165) is 25.8 Å². The van der Waals surface area contributed by atoms with Gasteiger partial charge in [-0.15, -0.1) is 23.4 Å². The molecule has 9 atom stereocenters. The van der Waals surface area contributed by atoms with Gasteiger partial charge in [-0.2, -0.15) is 0 Å². The van der Waals surface area contributed by atoms with Gasteiger partial charge in [0.15, 0.2) is 0 Å². The van der Waals surface area contributed by atoms with Crippen LogP contribution in [0.3, 0.4) is 0 Å². The van der Waals surface area contributed by atoms with Crippen molar-refractivity contribution in [2.24, 2.45) is 5.92 Å². The molecule has 2 saturated heterocycles. The number of hydrogen-bond acceptors (Lipinski definition) is 7. The summed E-state index contributed by atoms with van der Waals surface area (Å²) in [6.45, 7) is 4.74. The lowest BCUT2D eigenvalue weighted by atomic mass is 9.92. The van der Waals surface area contributed by atoms with Crippen molar-refractivity contribution in [3.63, 3.8) is 0 Å². The van der Waals surface area contributed by atoms with Crippen LogP contribution in [0.5, 0.6) is 0 Å². The summed E-state index contributed by atoms with van der Waals surface area (Å²) in [4.78, 5) is 14.9. The number of nitrogens with one attached hydrogen (secondary N) is 1. The Morgan fingerprint density at radius 1 is 1.33 bits per heavy atom. The molecule has 2 rings (SSSR count). The Morgan fingerprint density at radius 2 is 2.00 bits per heavy atom. The molecular weight excluding hydrogens is 392 g/mol. The molecule has 158 valence electrons. The molecule has 2 aliphatic rings. The molecular formula is C18H33ClN2O5S. The number of ether oxygens (including phenoxy) is 1. The molecule has 2 aliphatic heterocycles. The Hall–Kier alpha value is -0.0900. The summed E-state index contributed by atoms with van der Waals surface area (Å²) in [6.07, 6.45) is -0.0980. The van der Waals surface area contributed by atoms with Crippen molar-refractivity contribution in [1.29, 1.82) is 0 Å². The third kappa shape index (κ3) is 5.29. The van der Waals surface area contributed by atoms with Gasteiger partial charge in [0, 0.05) is 6.54 Å². The number of hydrogen-bond donors (Lipinski definition) is 4. The first-order valence-corrected chi connectivity index (χ1v) is 11.3. The molecule has 4 N–H and O–H groups in total. The molecule has 0 radical (unpaired) electrons. The lowest BCUT2D eigenvalue weighted by molar-refractivity contribution is -0.205. The van der Waals surface area contributed by atoms with Crippen LogP contribution in [-0.4, -0.2) is 93.3 Å². The third-order valence-corrected chi connectivity index (χ3v) is 6.76. The van der Waals surface area contributed by atoms with Crippen molar-refractivity contribution in [1.82, 2.24) is 10.2 Å². The van der Waals surface area contributed by atoms with Gasteiger partial charge < -0.3 is 25.4 Å². The number of carbonyl (C=O) groups excluding carboxylic acids is 1. The fraction of sp³-hybridized carbons (Fsp3) is 0.944. The van der Waals surface area contributed by atoms with E-state index in [2.05, 4.69) is 12.2 Å². The van der Waals surface area contributed by atoms with E-state index in [1.807, 2.05) is 11.9 Å². The lowest BCUT2D eigenvalue weighted by Crippen LogP contribution is -2.65. The summed E-state index contributed by atoms with van der Waals surface area (Å²) in [7, 11) is 1.94. The lowest BCUT2D eigenvalue weighted by Gasteiger charge is -2.44. The molecule has 0 bridgehead atoms. The van der Waals surface area contributed by atoms with Crippen LogP contribution in [-0.2, 0) is 9.53 Å². The minimum atomic E-state index is -1.36. The molecule has 0 aromatic heterocycles. The molecule has 1 amide bonds. The van der Waals surface area contributed by atoms with Crippen LogP contribution >= 0.6 is 23.4 Å². The number of likely N-dealkylation sites (tertiary alicyclic amines) is 1. The van der Waals surface area contributed by atoms with Gasteiger partial charge in [-0.3, -0.25) is 9.69 Å². The van der Waals surface area contributed by atoms with Crippen LogP contribution in [0, 0.1) is 5.92 Å². The van der Waals surface area contributed by atoms with Gasteiger partial charge in [0.25, 0.3) is 0 Å². The monoisotopic (exact) mass is 424 g/mol. The molecule has 2 heterocycles. The first kappa shape index (κ1) is 23.2. The third-order valence-electron chi connectivity index (χ3n) is 5.63. The summed E-state index contributed by atoms with van der Waals surface area (Å²) in [6, 6.07) is -0.934. The Bertz CT molecular complexity index is 498. The molecule has 0 aromatic rings. The number of thioether (sulfide) groups is 1. The van der Waals surface area contributed by atoms with Crippen molar-refractivity contribution in [2.45, 2.75) is 80.4 Å². The van der Waals surface area contributed by atoms with Gasteiger partial charge in [0.05, 0.1) is 17.5 Å². The van der Waals surface area contributed by atoms with E-state index in [-0.39, 0.29) is 11.9 Å². The van der Waals surface area contributed by atoms with Crippen molar-refractivity contribution < 1.29 is 24.9 Å². The van der Waals surface area contributed by atoms with E-state index < -0.39 is 41.3 Å². The molecule has 0 aromatic carbocycles. The SMILES string of the molecule is CCC[C@@H]1C[C@H](C(=O)N[C@@H]([C@@H]2O[C@H](SC)[C@H](O)[C@H](O)[C@@H]2O)[C@H](C)Cl)N(C)C1. The Kier molecular flexibility index (Phi) is 8.67. The summed E-state index contributed by atoms with van der Waals surface area (Å²) in [5, 5.41) is 33.0. The van der Waals surface area contributed by atoms with Crippen LogP contribution in [0.25, 0.3) is 0 Å². The number of halogens is 1. The zero-order valence-electron chi connectivity index (χ0n) is 16.4. The van der Waals surface area contributed by atoms with Crippen LogP contribution in [0.1, 0.15) is 33.1 Å². The molecule has 9 heteroatoms. The Labute approximate surface area is 170 Å². The first-order chi connectivity index (χ1) is 12.7. The van der Waals surface area contributed by atoms with Gasteiger partial charge in [-0.1, -0.05) is 13.3 Å². The van der Waals surface area contributed by atoms with E-state index in [1.165, 1.54) is 11.8 Å². The number of likely N-dealkylation sites (N-methyl/N-ethyl adjacent to an activating group) is 1. The summed E-state index contributed by atoms with van der Waals surface area (Å²) in [5.74, 6) is 0.350. The first-order valence-electron chi connectivity index (χ1n) is 9.58. The quantitative estimate of drug-likeness (QED) is 0.438. The van der Waals surface area contributed by atoms with E-state index in [9.17, 15) is 20.1 Å². The van der Waals surface area contributed by atoms with Crippen LogP contribution in [0.4, 0.5) is 0 Å². The second-order valence-electron chi connectivity index (χ2n) is 7.73. The number of alkyl halides is 1. The predicted molar refractivity (Wildman–Crippen MR) is 107 cm³/mol. The van der Waals surface area contributed by atoms with Crippen LogP contribution < -0.4 is 5.32 Å². The number of nitrogens with zero attached hydrogens (tertiary/aromatic N) is 1. The smallest absolute Gasteiger partial charge is 0.237 e. The highest BCUT2D eigenvalue weighted by molar-refractivity contribution is 7.99. The molecule has 27 heavy (non-hydrogen) atoms. The number of rotatable bonds is 7. The highest BCUT2D eigenvalue weighted by atomic mass is 35.5. The van der Waals surface area contributed by atoms with Crippen molar-refractivity contribution in [2.75, 3.05) is 19.8 Å². The maximum absolute atomic E-state index is 12.9. The fourth-order valence-corrected chi connectivity index (χ4v) is 5.00. The van der Waals surface area contributed by atoms with E-state index in [0.29, 0.717) is 5.92 Å². The minimum Gasteiger partial charge on any atom is -0.388 e. The minimum absolute atomic E-state index is 0.147. The molecule has 0 spiro atoms. The largest absolute Gasteiger partial charge is 0.388 e. The molecule has 7 nitrogen and oxygen atoms in total. The molecule has 0 unspecified atom stereocenters. The number of aliphatic hydroxyl groups excluding tert-OH is 3. The van der Waals surface area contributed by atoms with Crippen molar-refractivity contribution in [3.05, 3.63) is 0 Å². The van der Waals surface area contributed by atoms with Crippen molar-refractivity contribution in [3.8, 4) is 0 Å². The molecule has 0 saturated carbocycles. The highest BCUT2D eigenvalue weighted by Crippen LogP contribution is 2.31. The number of aliphatic hydroxyl groups is 3. The molecule has 0 aliphatic carbocycles. The number of amides is 1. The Morgan fingerprint density at radius 3 is 2.56 bits per heavy atom. The van der Waals surface area contributed by atoms with Gasteiger partial charge in [-0.25, -0.2) is 0 Å². The summed E-state index contributed by atoms with van der Waals surface area (Å²) >= 11 is 7.55. The summed E-state index contributed by atoms with van der Waals surface area (Å²) in [5.41, 5.74) is -0.702. The normalized spacial score (nSPS) is 39.9. The van der Waals surface area contributed by atoms with Crippen molar-refractivity contribution >= 4 is 29.3 Å². The standard InChI is InChI=1S/C18H33ClN2O5S/c1-5-6-10-7-11(21(3)8-10)17(25)20-12(9(2)19)16-14(23)13(22)15(24)18(26-16)27-4/h9-16,18,22-24H,5-8H2,1-4H3,(H,20,25)/t9-,10+,11+,12+,13+,14-,15+,16-,18+/m0/s1. The molecule has 2 fully saturated rings. The van der Waals surface area contributed by atoms with Crippen LogP contribution in [0.2, 0.25) is 0 Å². The maximum Gasteiger partial charge on any atom is 0.237 e. The topological polar surface area (TPSA) is 102 Å². The average molecular weight is 425 g/mol. The zero-order valence-corrected chi connectivity index (χ0v) is 18.0. The van der Waals surface area contributed by atoms with Gasteiger partial charge in [-0.05, 0) is 39.0 Å². The van der Waals surface area contributed by atoms with E-state index in [4.69, 9.17) is 16.3 Å². The van der Waals surface area contributed by atoms with E-state index in [1.54, 1.807) is 13.2 Å². The maximum atomic E-state index is 12.9. The Balaban J connectivity index is 2.09. The van der Waals surface area contributed by atoms with Gasteiger partial charge in [0.1, 0.15) is 29.9 Å². The summed E-state index contributed by atoms with van der Waals surface area (Å²) < 4.78 is 5.79. The van der Waals surface area contributed by atoms with E-state index >= 15 is 0 Å². The predicted octanol–water partition coefficient (Wildman–Crippen LogP) is 0.390. The fourth-order valence-electron chi connectivity index (χ4n) is 4.11. The second kappa shape index (κ2) is 10.1. The second-order valence-corrected chi connectivity index (χ2v) is 9.36. The number of carbonyl (C=O) groups is 1. The zero-order chi connectivity index (χ0) is 20.3. The highest BCUT2D eigenvalue weighted by Gasteiger charge is 2.48.